The lowest BCUT2D eigenvalue weighted by atomic mass is 10.2. The Kier molecular flexibility index (Phi) is 6.13. The average Bonchev–Trinajstić information content (AvgIpc) is 3.51. The van der Waals surface area contributed by atoms with E-state index in [-0.39, 0.29) is 11.8 Å². The van der Waals surface area contributed by atoms with Crippen LogP contribution in [0.3, 0.4) is 0 Å². The fourth-order valence-electron chi connectivity index (χ4n) is 3.63. The number of imidazole rings is 1. The lowest BCUT2D eigenvalue weighted by Gasteiger charge is -2.11. The Morgan fingerprint density at radius 2 is 2.03 bits per heavy atom. The van der Waals surface area contributed by atoms with Gasteiger partial charge in [0, 0.05) is 25.4 Å². The molecule has 0 bridgehead atoms. The van der Waals surface area contributed by atoms with Gasteiger partial charge in [-0.25, -0.2) is 4.98 Å². The van der Waals surface area contributed by atoms with Gasteiger partial charge in [-0.3, -0.25) is 4.79 Å². The molecule has 0 atom stereocenters. The summed E-state index contributed by atoms with van der Waals surface area (Å²) in [7, 11) is 0. The predicted octanol–water partition coefficient (Wildman–Crippen LogP) is 4.27. The van der Waals surface area contributed by atoms with Crippen molar-refractivity contribution in [3.63, 3.8) is 0 Å². The van der Waals surface area contributed by atoms with E-state index >= 15 is 0 Å². The van der Waals surface area contributed by atoms with Crippen molar-refractivity contribution in [2.75, 3.05) is 13.2 Å². The Morgan fingerprint density at radius 1 is 1.17 bits per heavy atom. The topological polar surface area (TPSA) is 56.1 Å². The molecule has 2 aromatic carbocycles. The van der Waals surface area contributed by atoms with Crippen molar-refractivity contribution in [2.45, 2.75) is 45.6 Å². The predicted molar refractivity (Wildman–Crippen MR) is 115 cm³/mol. The first kappa shape index (κ1) is 19.5. The lowest BCUT2D eigenvalue weighted by molar-refractivity contribution is -0.122. The van der Waals surface area contributed by atoms with E-state index < -0.39 is 0 Å². The molecule has 0 aliphatic heterocycles. The van der Waals surface area contributed by atoms with Gasteiger partial charge in [0.1, 0.15) is 11.6 Å². The first-order valence-corrected chi connectivity index (χ1v) is 10.6. The van der Waals surface area contributed by atoms with Crippen LogP contribution in [-0.2, 0) is 17.8 Å². The van der Waals surface area contributed by atoms with Gasteiger partial charge in [0.25, 0.3) is 0 Å². The molecular formula is C24H29N3O2. The third-order valence-corrected chi connectivity index (χ3v) is 5.34. The van der Waals surface area contributed by atoms with Gasteiger partial charge in [0.05, 0.1) is 17.6 Å². The van der Waals surface area contributed by atoms with Crippen molar-refractivity contribution in [1.82, 2.24) is 14.9 Å². The maximum absolute atomic E-state index is 11.8. The quantitative estimate of drug-likeness (QED) is 0.525. The highest BCUT2D eigenvalue weighted by atomic mass is 16.5. The number of nitrogens with one attached hydrogen (secondary N) is 1. The average molecular weight is 392 g/mol. The number of hydrogen-bond acceptors (Lipinski definition) is 3. The van der Waals surface area contributed by atoms with Gasteiger partial charge in [-0.15, -0.1) is 0 Å². The van der Waals surface area contributed by atoms with E-state index in [1.54, 1.807) is 0 Å². The van der Waals surface area contributed by atoms with E-state index in [0.717, 1.165) is 62.3 Å². The number of rotatable bonds is 10. The molecule has 1 fully saturated rings. The molecular weight excluding hydrogens is 362 g/mol. The van der Waals surface area contributed by atoms with E-state index in [0.29, 0.717) is 6.61 Å². The minimum Gasteiger partial charge on any atom is -0.494 e. The number of carbonyl (C=O) groups is 1. The van der Waals surface area contributed by atoms with Crippen LogP contribution >= 0.6 is 0 Å². The molecule has 5 nitrogen and oxygen atoms in total. The molecule has 0 spiro atoms. The lowest BCUT2D eigenvalue weighted by Crippen LogP contribution is -2.26. The molecule has 29 heavy (non-hydrogen) atoms. The second kappa shape index (κ2) is 9.12. The molecule has 152 valence electrons. The van der Waals surface area contributed by atoms with Crippen LogP contribution in [0, 0.1) is 12.8 Å². The van der Waals surface area contributed by atoms with E-state index in [2.05, 4.69) is 47.1 Å². The zero-order chi connectivity index (χ0) is 20.1. The number of fused-ring (bicyclic) bond motifs is 1. The summed E-state index contributed by atoms with van der Waals surface area (Å²) in [5.74, 6) is 2.49. The number of nitrogens with zero attached hydrogens (tertiary/aromatic N) is 2. The summed E-state index contributed by atoms with van der Waals surface area (Å²) in [6, 6.07) is 16.4. The fourth-order valence-corrected chi connectivity index (χ4v) is 3.63. The van der Waals surface area contributed by atoms with Crippen LogP contribution in [0.4, 0.5) is 0 Å². The molecule has 1 saturated carbocycles. The minimum atomic E-state index is 0.215. The SMILES string of the molecule is Cc1cccc(OCCCn2c(CCCNC(=O)C3CC3)nc3ccccc32)c1. The molecule has 1 aliphatic rings. The number of aromatic nitrogens is 2. The largest absolute Gasteiger partial charge is 0.494 e. The van der Waals surface area contributed by atoms with Gasteiger partial charge < -0.3 is 14.6 Å². The Morgan fingerprint density at radius 3 is 2.86 bits per heavy atom. The van der Waals surface area contributed by atoms with Crippen molar-refractivity contribution in [3.05, 3.63) is 59.9 Å². The van der Waals surface area contributed by atoms with Gasteiger partial charge in [0.15, 0.2) is 0 Å². The Balaban J connectivity index is 1.33. The van der Waals surface area contributed by atoms with Gasteiger partial charge in [0.2, 0.25) is 5.91 Å². The number of aryl methyl sites for hydroxylation is 3. The van der Waals surface area contributed by atoms with Gasteiger partial charge in [-0.05, 0) is 62.4 Å². The van der Waals surface area contributed by atoms with Crippen molar-refractivity contribution in [1.29, 1.82) is 0 Å². The molecule has 4 rings (SSSR count). The van der Waals surface area contributed by atoms with Crippen LogP contribution < -0.4 is 10.1 Å². The highest BCUT2D eigenvalue weighted by Gasteiger charge is 2.29. The number of benzene rings is 2. The Labute approximate surface area is 172 Å². The Hall–Kier alpha value is -2.82. The summed E-state index contributed by atoms with van der Waals surface area (Å²) in [5.41, 5.74) is 3.41. The van der Waals surface area contributed by atoms with Crippen LogP contribution in [-0.4, -0.2) is 28.6 Å². The number of carbonyl (C=O) groups excluding carboxylic acids is 1. The molecule has 1 N–H and O–H groups in total. The third-order valence-electron chi connectivity index (χ3n) is 5.34. The highest BCUT2D eigenvalue weighted by Crippen LogP contribution is 2.28. The maximum Gasteiger partial charge on any atom is 0.223 e. The second-order valence-electron chi connectivity index (χ2n) is 7.86. The molecule has 0 radical (unpaired) electrons. The molecule has 1 heterocycles. The summed E-state index contributed by atoms with van der Waals surface area (Å²) in [6.45, 7) is 4.34. The van der Waals surface area contributed by atoms with E-state index in [4.69, 9.17) is 9.72 Å². The number of amides is 1. The molecule has 1 aromatic heterocycles. The van der Waals surface area contributed by atoms with E-state index in [9.17, 15) is 4.79 Å². The molecule has 5 heteroatoms. The van der Waals surface area contributed by atoms with Crippen molar-refractivity contribution < 1.29 is 9.53 Å². The normalized spacial score (nSPS) is 13.6. The summed E-state index contributed by atoms with van der Waals surface area (Å²) < 4.78 is 8.21. The van der Waals surface area contributed by atoms with Crippen LogP contribution in [0.2, 0.25) is 0 Å². The first-order valence-electron chi connectivity index (χ1n) is 10.6. The smallest absolute Gasteiger partial charge is 0.223 e. The van der Waals surface area contributed by atoms with Crippen molar-refractivity contribution in [3.8, 4) is 5.75 Å². The van der Waals surface area contributed by atoms with Crippen LogP contribution in [0.1, 0.15) is 37.1 Å². The number of ether oxygens (including phenoxy) is 1. The number of para-hydroxylation sites is 2. The Bertz CT molecular complexity index is 975. The second-order valence-corrected chi connectivity index (χ2v) is 7.86. The number of hydrogen-bond donors (Lipinski definition) is 1. The van der Waals surface area contributed by atoms with Crippen molar-refractivity contribution in [2.24, 2.45) is 5.92 Å². The van der Waals surface area contributed by atoms with Crippen LogP contribution in [0.5, 0.6) is 5.75 Å². The summed E-state index contributed by atoms with van der Waals surface area (Å²) in [6.07, 6.45) is 4.78. The van der Waals surface area contributed by atoms with E-state index in [1.165, 1.54) is 11.1 Å². The monoisotopic (exact) mass is 391 g/mol. The summed E-state index contributed by atoms with van der Waals surface area (Å²) in [4.78, 5) is 16.6. The standard InChI is InChI=1S/C24H29N3O2/c1-18-7-4-8-20(17-18)29-16-6-15-27-22-10-3-2-9-21(22)26-23(27)11-5-14-25-24(28)19-12-13-19/h2-4,7-10,17,19H,5-6,11-16H2,1H3,(H,25,28). The third kappa shape index (κ3) is 5.17. The highest BCUT2D eigenvalue weighted by molar-refractivity contribution is 5.80. The zero-order valence-electron chi connectivity index (χ0n) is 17.1. The molecule has 0 unspecified atom stereocenters. The first-order chi connectivity index (χ1) is 14.2. The van der Waals surface area contributed by atoms with Gasteiger partial charge in [-0.2, -0.15) is 0 Å². The molecule has 3 aromatic rings. The summed E-state index contributed by atoms with van der Waals surface area (Å²) in [5, 5.41) is 3.05. The zero-order valence-corrected chi connectivity index (χ0v) is 17.1. The molecule has 1 amide bonds. The van der Waals surface area contributed by atoms with Crippen molar-refractivity contribution >= 4 is 16.9 Å². The summed E-state index contributed by atoms with van der Waals surface area (Å²) >= 11 is 0. The molecule has 0 saturated heterocycles. The van der Waals surface area contributed by atoms with Crippen LogP contribution in [0.25, 0.3) is 11.0 Å². The fraction of sp³-hybridized carbons (Fsp3) is 0.417. The van der Waals surface area contributed by atoms with Gasteiger partial charge >= 0.3 is 0 Å². The molecule has 1 aliphatic carbocycles. The van der Waals surface area contributed by atoms with Crippen LogP contribution in [0.15, 0.2) is 48.5 Å². The van der Waals surface area contributed by atoms with Gasteiger partial charge in [-0.1, -0.05) is 24.3 Å². The maximum atomic E-state index is 11.8. The minimum absolute atomic E-state index is 0.215. The van der Waals surface area contributed by atoms with E-state index in [1.807, 2.05) is 18.2 Å².